The molecular weight excluding hydrogens is 150 g/mol. The van der Waals surface area contributed by atoms with Gasteiger partial charge in [0.25, 0.3) is 0 Å². The minimum absolute atomic E-state index is 0.349. The van der Waals surface area contributed by atoms with Crippen LogP contribution in [0.3, 0.4) is 0 Å². The third-order valence-corrected chi connectivity index (χ3v) is 3.18. The van der Waals surface area contributed by atoms with Crippen LogP contribution in [0, 0.1) is 5.41 Å². The maximum atomic E-state index is 8.79. The van der Waals surface area contributed by atoms with Gasteiger partial charge in [-0.15, -0.1) is 0 Å². The molecule has 0 aromatic heterocycles. The first-order chi connectivity index (χ1) is 5.83. The molecular formula is C10H21NO. The van der Waals surface area contributed by atoms with E-state index in [4.69, 9.17) is 5.11 Å². The van der Waals surface area contributed by atoms with Crippen molar-refractivity contribution in [3.05, 3.63) is 0 Å². The summed E-state index contributed by atoms with van der Waals surface area (Å²) in [5.41, 5.74) is 0.501. The van der Waals surface area contributed by atoms with Crippen LogP contribution in [0.5, 0.6) is 0 Å². The predicted molar refractivity (Wildman–Crippen MR) is 51.1 cm³/mol. The molecule has 0 spiro atoms. The summed E-state index contributed by atoms with van der Waals surface area (Å²) in [5, 5.41) is 12.2. The Morgan fingerprint density at radius 2 is 2.33 bits per heavy atom. The van der Waals surface area contributed by atoms with E-state index in [1.807, 2.05) is 0 Å². The van der Waals surface area contributed by atoms with Crippen LogP contribution in [0.2, 0.25) is 0 Å². The van der Waals surface area contributed by atoms with Crippen LogP contribution < -0.4 is 5.32 Å². The maximum Gasteiger partial charge on any atom is 0.0431 e. The van der Waals surface area contributed by atoms with Crippen LogP contribution in [-0.4, -0.2) is 24.8 Å². The van der Waals surface area contributed by atoms with Crippen molar-refractivity contribution >= 4 is 0 Å². The number of aliphatic hydroxyl groups excluding tert-OH is 1. The largest absolute Gasteiger partial charge is 0.396 e. The number of hydrogen-bond acceptors (Lipinski definition) is 2. The Kier molecular flexibility index (Phi) is 4.02. The average Bonchev–Trinajstić information content (AvgIpc) is 2.16. The summed E-state index contributed by atoms with van der Waals surface area (Å²) in [6.07, 6.45) is 6.05. The Bertz CT molecular complexity index is 119. The zero-order valence-corrected chi connectivity index (χ0v) is 8.10. The van der Waals surface area contributed by atoms with E-state index in [-0.39, 0.29) is 0 Å². The van der Waals surface area contributed by atoms with E-state index in [1.165, 1.54) is 32.2 Å². The van der Waals surface area contributed by atoms with Crippen LogP contribution in [-0.2, 0) is 0 Å². The highest BCUT2D eigenvalue weighted by Crippen LogP contribution is 2.34. The van der Waals surface area contributed by atoms with E-state index in [1.54, 1.807) is 0 Å². The molecule has 2 heteroatoms. The number of nitrogens with one attached hydrogen (secondary N) is 1. The standard InChI is InChI=1S/C10H21NO/c1-2-10(6-4-8-12)5-3-7-11-9-10/h11-12H,2-9H2,1H3. The van der Waals surface area contributed by atoms with Crippen molar-refractivity contribution in [1.82, 2.24) is 5.32 Å². The van der Waals surface area contributed by atoms with Crippen LogP contribution in [0.25, 0.3) is 0 Å². The van der Waals surface area contributed by atoms with E-state index in [2.05, 4.69) is 12.2 Å². The predicted octanol–water partition coefficient (Wildman–Crippen LogP) is 1.54. The molecule has 2 nitrogen and oxygen atoms in total. The van der Waals surface area contributed by atoms with Crippen molar-refractivity contribution in [2.45, 2.75) is 39.0 Å². The fourth-order valence-electron chi connectivity index (χ4n) is 2.18. The van der Waals surface area contributed by atoms with Gasteiger partial charge < -0.3 is 10.4 Å². The molecule has 72 valence electrons. The molecule has 0 bridgehead atoms. The first-order valence-electron chi connectivity index (χ1n) is 5.14. The van der Waals surface area contributed by atoms with Crippen LogP contribution >= 0.6 is 0 Å². The van der Waals surface area contributed by atoms with Crippen molar-refractivity contribution in [1.29, 1.82) is 0 Å². The molecule has 1 saturated heterocycles. The minimum Gasteiger partial charge on any atom is -0.396 e. The van der Waals surface area contributed by atoms with Gasteiger partial charge in [0.05, 0.1) is 0 Å². The summed E-state index contributed by atoms with van der Waals surface area (Å²) < 4.78 is 0. The van der Waals surface area contributed by atoms with Gasteiger partial charge in [-0.05, 0) is 44.1 Å². The maximum absolute atomic E-state index is 8.79. The van der Waals surface area contributed by atoms with Crippen molar-refractivity contribution in [2.24, 2.45) is 5.41 Å². The molecule has 1 aliphatic rings. The molecule has 0 radical (unpaired) electrons. The summed E-state index contributed by atoms with van der Waals surface area (Å²) >= 11 is 0. The van der Waals surface area contributed by atoms with Gasteiger partial charge >= 0.3 is 0 Å². The van der Waals surface area contributed by atoms with E-state index in [0.717, 1.165) is 13.0 Å². The van der Waals surface area contributed by atoms with Gasteiger partial charge in [-0.25, -0.2) is 0 Å². The number of hydrogen-bond donors (Lipinski definition) is 2. The highest BCUT2D eigenvalue weighted by molar-refractivity contribution is 4.83. The fraction of sp³-hybridized carbons (Fsp3) is 1.00. The quantitative estimate of drug-likeness (QED) is 0.672. The van der Waals surface area contributed by atoms with E-state index in [9.17, 15) is 0 Å². The van der Waals surface area contributed by atoms with Crippen LogP contribution in [0.4, 0.5) is 0 Å². The Morgan fingerprint density at radius 3 is 2.83 bits per heavy atom. The highest BCUT2D eigenvalue weighted by atomic mass is 16.2. The van der Waals surface area contributed by atoms with Gasteiger partial charge in [0.1, 0.15) is 0 Å². The molecule has 1 rings (SSSR count). The van der Waals surface area contributed by atoms with E-state index in [0.29, 0.717) is 12.0 Å². The third-order valence-electron chi connectivity index (χ3n) is 3.18. The van der Waals surface area contributed by atoms with Gasteiger partial charge in [-0.2, -0.15) is 0 Å². The zero-order chi connectivity index (χ0) is 8.86. The number of piperidine rings is 1. The van der Waals surface area contributed by atoms with Gasteiger partial charge in [-0.3, -0.25) is 0 Å². The Hall–Kier alpha value is -0.0800. The minimum atomic E-state index is 0.349. The second-order valence-electron chi connectivity index (χ2n) is 3.96. The lowest BCUT2D eigenvalue weighted by molar-refractivity contribution is 0.160. The molecule has 0 saturated carbocycles. The van der Waals surface area contributed by atoms with Crippen LogP contribution in [0.15, 0.2) is 0 Å². The lowest BCUT2D eigenvalue weighted by Gasteiger charge is -2.37. The SMILES string of the molecule is CCC1(CCCO)CCCNC1. The number of aliphatic hydroxyl groups is 1. The second kappa shape index (κ2) is 4.83. The van der Waals surface area contributed by atoms with Gasteiger partial charge in [0.15, 0.2) is 0 Å². The lowest BCUT2D eigenvalue weighted by Crippen LogP contribution is -2.39. The summed E-state index contributed by atoms with van der Waals surface area (Å²) in [6, 6.07) is 0. The Balaban J connectivity index is 2.37. The van der Waals surface area contributed by atoms with Crippen molar-refractivity contribution in [3.8, 4) is 0 Å². The lowest BCUT2D eigenvalue weighted by atomic mass is 9.75. The molecule has 0 aromatic carbocycles. The molecule has 1 atom stereocenters. The van der Waals surface area contributed by atoms with Crippen molar-refractivity contribution < 1.29 is 5.11 Å². The third kappa shape index (κ3) is 2.46. The van der Waals surface area contributed by atoms with Crippen molar-refractivity contribution in [3.63, 3.8) is 0 Å². The second-order valence-corrected chi connectivity index (χ2v) is 3.96. The summed E-state index contributed by atoms with van der Waals surface area (Å²) in [7, 11) is 0. The molecule has 1 heterocycles. The van der Waals surface area contributed by atoms with Gasteiger partial charge in [0.2, 0.25) is 0 Å². The highest BCUT2D eigenvalue weighted by Gasteiger charge is 2.28. The average molecular weight is 171 g/mol. The van der Waals surface area contributed by atoms with Gasteiger partial charge in [-0.1, -0.05) is 6.92 Å². The number of rotatable bonds is 4. The summed E-state index contributed by atoms with van der Waals surface area (Å²) in [6.45, 7) is 4.95. The molecule has 0 amide bonds. The molecule has 0 aliphatic carbocycles. The summed E-state index contributed by atoms with van der Waals surface area (Å²) in [4.78, 5) is 0. The topological polar surface area (TPSA) is 32.3 Å². The monoisotopic (exact) mass is 171 g/mol. The molecule has 1 aliphatic heterocycles. The van der Waals surface area contributed by atoms with E-state index >= 15 is 0 Å². The van der Waals surface area contributed by atoms with Crippen molar-refractivity contribution in [2.75, 3.05) is 19.7 Å². The Morgan fingerprint density at radius 1 is 1.50 bits per heavy atom. The Labute approximate surface area is 75.4 Å². The first kappa shape index (κ1) is 10.0. The zero-order valence-electron chi connectivity index (χ0n) is 8.10. The molecule has 1 unspecified atom stereocenters. The molecule has 0 aromatic rings. The normalized spacial score (nSPS) is 30.5. The van der Waals surface area contributed by atoms with Gasteiger partial charge in [0, 0.05) is 13.2 Å². The van der Waals surface area contributed by atoms with Crippen LogP contribution in [0.1, 0.15) is 39.0 Å². The first-order valence-corrected chi connectivity index (χ1v) is 5.14. The van der Waals surface area contributed by atoms with E-state index < -0.39 is 0 Å². The molecule has 2 N–H and O–H groups in total. The fourth-order valence-corrected chi connectivity index (χ4v) is 2.18. The summed E-state index contributed by atoms with van der Waals surface area (Å²) in [5.74, 6) is 0. The smallest absolute Gasteiger partial charge is 0.0431 e. The molecule has 1 fully saturated rings. The molecule has 12 heavy (non-hydrogen) atoms.